The van der Waals surface area contributed by atoms with Crippen molar-refractivity contribution in [2.45, 2.75) is 26.7 Å². The molecule has 17 heavy (non-hydrogen) atoms. The zero-order chi connectivity index (χ0) is 12.0. The molecule has 1 unspecified atom stereocenters. The van der Waals surface area contributed by atoms with Crippen LogP contribution in [0.1, 0.15) is 26.7 Å². The summed E-state index contributed by atoms with van der Waals surface area (Å²) in [6.07, 6.45) is 1.08. The minimum Gasteiger partial charge on any atom is -0.466 e. The van der Waals surface area contributed by atoms with E-state index in [0.29, 0.717) is 19.7 Å². The Bertz CT molecular complexity index is 265. The number of nitrogens with one attached hydrogen (secondary N) is 2. The Morgan fingerprint density at radius 3 is 2.71 bits per heavy atom. The molecule has 0 aliphatic carbocycles. The van der Waals surface area contributed by atoms with E-state index in [0.717, 1.165) is 13.0 Å². The first-order chi connectivity index (χ1) is 7.58. The van der Waals surface area contributed by atoms with E-state index in [1.807, 2.05) is 6.92 Å². The number of amides is 1. The van der Waals surface area contributed by atoms with Gasteiger partial charge in [0.25, 0.3) is 0 Å². The maximum Gasteiger partial charge on any atom is 0.307 e. The lowest BCUT2D eigenvalue weighted by molar-refractivity contribution is -0.143. The molecule has 0 aromatic carbocycles. The van der Waals surface area contributed by atoms with Crippen molar-refractivity contribution < 1.29 is 14.3 Å². The molecule has 0 aromatic rings. The molecule has 2 N–H and O–H groups in total. The van der Waals surface area contributed by atoms with E-state index >= 15 is 0 Å². The lowest BCUT2D eigenvalue weighted by Crippen LogP contribution is -2.41. The summed E-state index contributed by atoms with van der Waals surface area (Å²) in [5, 5.41) is 5.94. The molecule has 0 radical (unpaired) electrons. The normalized spacial score (nSPS) is 22.7. The van der Waals surface area contributed by atoms with Gasteiger partial charge >= 0.3 is 5.97 Å². The monoisotopic (exact) mass is 264 g/mol. The van der Waals surface area contributed by atoms with E-state index in [4.69, 9.17) is 4.74 Å². The zero-order valence-corrected chi connectivity index (χ0v) is 11.2. The van der Waals surface area contributed by atoms with E-state index in [2.05, 4.69) is 10.6 Å². The van der Waals surface area contributed by atoms with Crippen LogP contribution in [0.5, 0.6) is 0 Å². The van der Waals surface area contributed by atoms with Crippen LogP contribution >= 0.6 is 12.4 Å². The second kappa shape index (κ2) is 7.50. The highest BCUT2D eigenvalue weighted by molar-refractivity contribution is 5.85. The smallest absolute Gasteiger partial charge is 0.307 e. The van der Waals surface area contributed by atoms with E-state index < -0.39 is 0 Å². The van der Waals surface area contributed by atoms with Gasteiger partial charge in [-0.15, -0.1) is 12.4 Å². The van der Waals surface area contributed by atoms with Crippen LogP contribution in [0.15, 0.2) is 0 Å². The third-order valence-corrected chi connectivity index (χ3v) is 2.84. The predicted molar refractivity (Wildman–Crippen MR) is 67.1 cm³/mol. The summed E-state index contributed by atoms with van der Waals surface area (Å²) in [6, 6.07) is 0. The fourth-order valence-electron chi connectivity index (χ4n) is 1.74. The number of hydrogen-bond acceptors (Lipinski definition) is 4. The molecular formula is C11H21ClN2O3. The Balaban J connectivity index is 0.00000256. The van der Waals surface area contributed by atoms with E-state index in [-0.39, 0.29) is 36.1 Å². The topological polar surface area (TPSA) is 67.4 Å². The molecule has 0 saturated carbocycles. The fourth-order valence-corrected chi connectivity index (χ4v) is 1.74. The van der Waals surface area contributed by atoms with Gasteiger partial charge in [0.05, 0.1) is 18.4 Å². The number of hydrogen-bond donors (Lipinski definition) is 2. The first-order valence-electron chi connectivity index (χ1n) is 5.73. The van der Waals surface area contributed by atoms with Crippen LogP contribution in [-0.4, -0.2) is 38.1 Å². The number of ether oxygens (including phenoxy) is 1. The number of halogens is 1. The quantitative estimate of drug-likeness (QED) is 0.709. The van der Waals surface area contributed by atoms with Crippen LogP contribution in [-0.2, 0) is 14.3 Å². The van der Waals surface area contributed by atoms with Crippen molar-refractivity contribution in [1.82, 2.24) is 10.6 Å². The van der Waals surface area contributed by atoms with Gasteiger partial charge in [0, 0.05) is 13.1 Å². The van der Waals surface area contributed by atoms with Crippen molar-refractivity contribution >= 4 is 24.3 Å². The molecule has 1 amide bonds. The van der Waals surface area contributed by atoms with Crippen LogP contribution < -0.4 is 10.6 Å². The largest absolute Gasteiger partial charge is 0.466 e. The Hall–Kier alpha value is -0.810. The third kappa shape index (κ3) is 4.91. The second-order valence-corrected chi connectivity index (χ2v) is 4.30. The zero-order valence-electron chi connectivity index (χ0n) is 10.4. The highest BCUT2D eigenvalue weighted by Gasteiger charge is 2.35. The molecule has 0 aromatic heterocycles. The van der Waals surface area contributed by atoms with Crippen molar-refractivity contribution in [3.63, 3.8) is 0 Å². The lowest BCUT2D eigenvalue weighted by Gasteiger charge is -2.21. The van der Waals surface area contributed by atoms with Crippen LogP contribution in [0, 0.1) is 5.41 Å². The summed E-state index contributed by atoms with van der Waals surface area (Å²) in [7, 11) is 0. The third-order valence-electron chi connectivity index (χ3n) is 2.84. The molecule has 0 spiro atoms. The molecule has 1 rings (SSSR count). The standard InChI is InChI=1S/C11H20N2O3.ClH/c1-3-16-9(14)4-6-13-10(15)11(2)5-7-12-8-11;/h12H,3-8H2,1-2H3,(H,13,15);1H. The Morgan fingerprint density at radius 1 is 1.47 bits per heavy atom. The van der Waals surface area contributed by atoms with Gasteiger partial charge in [0.15, 0.2) is 0 Å². The summed E-state index contributed by atoms with van der Waals surface area (Å²) in [4.78, 5) is 22.8. The molecule has 6 heteroatoms. The summed E-state index contributed by atoms with van der Waals surface area (Å²) in [5.41, 5.74) is -0.325. The Labute approximate surface area is 108 Å². The summed E-state index contributed by atoms with van der Waals surface area (Å²) >= 11 is 0. The fraction of sp³-hybridized carbons (Fsp3) is 0.818. The predicted octanol–water partition coefficient (Wildman–Crippen LogP) is 0.477. The molecule has 0 bridgehead atoms. The highest BCUT2D eigenvalue weighted by Crippen LogP contribution is 2.24. The number of esters is 1. The number of rotatable bonds is 5. The molecule has 1 aliphatic heterocycles. The van der Waals surface area contributed by atoms with Crippen molar-refractivity contribution in [3.05, 3.63) is 0 Å². The van der Waals surface area contributed by atoms with Crippen LogP contribution in [0.4, 0.5) is 0 Å². The van der Waals surface area contributed by atoms with E-state index in [1.54, 1.807) is 6.92 Å². The molecular weight excluding hydrogens is 244 g/mol. The second-order valence-electron chi connectivity index (χ2n) is 4.30. The van der Waals surface area contributed by atoms with E-state index in [1.165, 1.54) is 0 Å². The van der Waals surface area contributed by atoms with Gasteiger partial charge < -0.3 is 15.4 Å². The lowest BCUT2D eigenvalue weighted by atomic mass is 9.89. The average Bonchev–Trinajstić information content (AvgIpc) is 2.67. The molecule has 100 valence electrons. The SMILES string of the molecule is CCOC(=O)CCNC(=O)C1(C)CCNC1.Cl. The van der Waals surface area contributed by atoms with Crippen molar-refractivity contribution in [3.8, 4) is 0 Å². The van der Waals surface area contributed by atoms with E-state index in [9.17, 15) is 9.59 Å². The van der Waals surface area contributed by atoms with Crippen molar-refractivity contribution in [2.24, 2.45) is 5.41 Å². The molecule has 5 nitrogen and oxygen atoms in total. The maximum absolute atomic E-state index is 11.8. The average molecular weight is 265 g/mol. The maximum atomic E-state index is 11.8. The minimum absolute atomic E-state index is 0. The van der Waals surface area contributed by atoms with Gasteiger partial charge in [-0.2, -0.15) is 0 Å². The van der Waals surface area contributed by atoms with Crippen LogP contribution in [0.3, 0.4) is 0 Å². The number of carbonyl (C=O) groups excluding carboxylic acids is 2. The van der Waals surface area contributed by atoms with Gasteiger partial charge in [-0.3, -0.25) is 9.59 Å². The summed E-state index contributed by atoms with van der Waals surface area (Å²) < 4.78 is 4.77. The van der Waals surface area contributed by atoms with Gasteiger partial charge in [0.1, 0.15) is 0 Å². The van der Waals surface area contributed by atoms with Crippen LogP contribution in [0.2, 0.25) is 0 Å². The first kappa shape index (κ1) is 16.2. The van der Waals surface area contributed by atoms with Gasteiger partial charge in [-0.05, 0) is 26.8 Å². The van der Waals surface area contributed by atoms with Crippen molar-refractivity contribution in [1.29, 1.82) is 0 Å². The van der Waals surface area contributed by atoms with Crippen molar-refractivity contribution in [2.75, 3.05) is 26.2 Å². The van der Waals surface area contributed by atoms with Gasteiger partial charge in [0.2, 0.25) is 5.91 Å². The molecule has 1 heterocycles. The minimum atomic E-state index is -0.325. The molecule has 1 fully saturated rings. The summed E-state index contributed by atoms with van der Waals surface area (Å²) in [6.45, 7) is 6.02. The Kier molecular flexibility index (Phi) is 7.15. The Morgan fingerprint density at radius 2 is 2.18 bits per heavy atom. The highest BCUT2D eigenvalue weighted by atomic mass is 35.5. The number of carbonyl (C=O) groups is 2. The summed E-state index contributed by atoms with van der Waals surface area (Å²) in [5.74, 6) is -0.251. The van der Waals surface area contributed by atoms with Crippen LogP contribution in [0.25, 0.3) is 0 Å². The first-order valence-corrected chi connectivity index (χ1v) is 5.73. The molecule has 1 atom stereocenters. The molecule has 1 aliphatic rings. The molecule has 1 saturated heterocycles. The van der Waals surface area contributed by atoms with Gasteiger partial charge in [-0.25, -0.2) is 0 Å². The van der Waals surface area contributed by atoms with Gasteiger partial charge in [-0.1, -0.05) is 0 Å².